The number of hydrogen-bond donors (Lipinski definition) is 3. The van der Waals surface area contributed by atoms with Crippen LogP contribution in [0.1, 0.15) is 33.1 Å². The minimum Gasteiger partial charge on any atom is -0.433 e. The molecule has 1 fully saturated rings. The van der Waals surface area contributed by atoms with E-state index in [9.17, 15) is 13.6 Å². The van der Waals surface area contributed by atoms with E-state index in [1.54, 1.807) is 31.3 Å². The first-order chi connectivity index (χ1) is 13.9. The summed E-state index contributed by atoms with van der Waals surface area (Å²) in [6.45, 7) is 2.98. The molecule has 3 N–H and O–H groups in total. The first-order valence-electron chi connectivity index (χ1n) is 9.98. The number of rotatable bonds is 9. The Morgan fingerprint density at radius 1 is 1.38 bits per heavy atom. The Hall–Kier alpha value is -2.58. The molecule has 162 valence electrons. The molecule has 2 unspecified atom stereocenters. The molecule has 1 amide bonds. The van der Waals surface area contributed by atoms with Crippen LogP contribution in [0.2, 0.25) is 0 Å². The van der Waals surface area contributed by atoms with E-state index in [1.807, 2.05) is 18.7 Å². The first kappa shape index (κ1) is 22.7. The van der Waals surface area contributed by atoms with Crippen molar-refractivity contribution in [3.8, 4) is 5.75 Å². The molecule has 0 radical (unpaired) electrons. The molecule has 1 aromatic carbocycles. The maximum atomic E-state index is 12.6. The van der Waals surface area contributed by atoms with E-state index in [1.165, 1.54) is 0 Å². The van der Waals surface area contributed by atoms with Crippen LogP contribution < -0.4 is 25.6 Å². The van der Waals surface area contributed by atoms with Gasteiger partial charge in [0.1, 0.15) is 5.75 Å². The number of guanidine groups is 1. The van der Waals surface area contributed by atoms with E-state index in [0.717, 1.165) is 19.4 Å². The fourth-order valence-electron chi connectivity index (χ4n) is 3.14. The van der Waals surface area contributed by atoms with Crippen LogP contribution in [0.15, 0.2) is 29.3 Å². The molecule has 0 aromatic heterocycles. The van der Waals surface area contributed by atoms with Crippen molar-refractivity contribution in [2.45, 2.75) is 51.8 Å². The van der Waals surface area contributed by atoms with Crippen molar-refractivity contribution in [3.63, 3.8) is 0 Å². The van der Waals surface area contributed by atoms with Gasteiger partial charge in [0.2, 0.25) is 5.91 Å². The van der Waals surface area contributed by atoms with Gasteiger partial charge in [-0.15, -0.1) is 0 Å². The highest BCUT2D eigenvalue weighted by molar-refractivity contribution is 5.81. The standard InChI is InChI=1S/C20H31F2N5O2/c1-4-14(2)25-18(28)9-11-24-20(23-3)26-15-10-12-27(13-15)16-7-5-6-8-17(16)29-19(21)22/h5-8,14-15,19H,4,9-13H2,1-3H3,(H,25,28)(H2,23,24,26). The number of amides is 1. The van der Waals surface area contributed by atoms with Gasteiger partial charge in [0, 0.05) is 45.2 Å². The molecule has 0 bridgehead atoms. The van der Waals surface area contributed by atoms with Crippen molar-refractivity contribution in [3.05, 3.63) is 24.3 Å². The molecule has 0 aliphatic carbocycles. The third kappa shape index (κ3) is 7.40. The lowest BCUT2D eigenvalue weighted by atomic mass is 10.2. The predicted molar refractivity (Wildman–Crippen MR) is 111 cm³/mol. The molecule has 2 atom stereocenters. The lowest BCUT2D eigenvalue weighted by Gasteiger charge is -2.22. The molecule has 0 saturated carbocycles. The number of alkyl halides is 2. The Morgan fingerprint density at radius 2 is 2.14 bits per heavy atom. The summed E-state index contributed by atoms with van der Waals surface area (Å²) in [6.07, 6.45) is 2.09. The van der Waals surface area contributed by atoms with Gasteiger partial charge in [0.25, 0.3) is 0 Å². The van der Waals surface area contributed by atoms with Crippen LogP contribution in [0.25, 0.3) is 0 Å². The Labute approximate surface area is 170 Å². The van der Waals surface area contributed by atoms with Crippen LogP contribution in [0.4, 0.5) is 14.5 Å². The van der Waals surface area contributed by atoms with Crippen molar-refractivity contribution >= 4 is 17.6 Å². The lowest BCUT2D eigenvalue weighted by Crippen LogP contribution is -2.45. The van der Waals surface area contributed by atoms with Gasteiger partial charge in [-0.3, -0.25) is 9.79 Å². The Morgan fingerprint density at radius 3 is 2.83 bits per heavy atom. The zero-order chi connectivity index (χ0) is 21.2. The summed E-state index contributed by atoms with van der Waals surface area (Å²) in [5.74, 6) is 0.799. The smallest absolute Gasteiger partial charge is 0.387 e. The summed E-state index contributed by atoms with van der Waals surface area (Å²) in [7, 11) is 1.67. The van der Waals surface area contributed by atoms with Crippen LogP contribution in [0.3, 0.4) is 0 Å². The van der Waals surface area contributed by atoms with Gasteiger partial charge in [0.05, 0.1) is 5.69 Å². The Balaban J connectivity index is 1.82. The molecular formula is C20H31F2N5O2. The molecule has 1 aromatic rings. The summed E-state index contributed by atoms with van der Waals surface area (Å²) in [5.41, 5.74) is 0.654. The number of halogens is 2. The van der Waals surface area contributed by atoms with E-state index >= 15 is 0 Å². The lowest BCUT2D eigenvalue weighted by molar-refractivity contribution is -0.121. The largest absolute Gasteiger partial charge is 0.433 e. The summed E-state index contributed by atoms with van der Waals surface area (Å²) < 4.78 is 29.9. The van der Waals surface area contributed by atoms with Gasteiger partial charge in [0.15, 0.2) is 5.96 Å². The second kappa shape index (κ2) is 11.4. The van der Waals surface area contributed by atoms with Gasteiger partial charge < -0.3 is 25.6 Å². The van der Waals surface area contributed by atoms with Crippen molar-refractivity contribution in [2.75, 3.05) is 31.6 Å². The number of aliphatic imine (C=N–C) groups is 1. The van der Waals surface area contributed by atoms with Crippen molar-refractivity contribution in [1.82, 2.24) is 16.0 Å². The molecule has 1 aliphatic heterocycles. The fraction of sp³-hybridized carbons (Fsp3) is 0.600. The van der Waals surface area contributed by atoms with E-state index < -0.39 is 6.61 Å². The maximum Gasteiger partial charge on any atom is 0.387 e. The Bertz CT molecular complexity index is 687. The van der Waals surface area contributed by atoms with Crippen molar-refractivity contribution in [1.29, 1.82) is 0 Å². The van der Waals surface area contributed by atoms with Crippen LogP contribution in [0, 0.1) is 0 Å². The molecule has 2 rings (SSSR count). The number of benzene rings is 1. The Kier molecular flexibility index (Phi) is 8.95. The molecule has 7 nitrogen and oxygen atoms in total. The third-order valence-electron chi connectivity index (χ3n) is 4.84. The zero-order valence-corrected chi connectivity index (χ0v) is 17.3. The molecule has 1 heterocycles. The second-order valence-electron chi connectivity index (χ2n) is 7.05. The van der Waals surface area contributed by atoms with Crippen molar-refractivity contribution in [2.24, 2.45) is 4.99 Å². The van der Waals surface area contributed by atoms with Crippen LogP contribution in [0.5, 0.6) is 5.75 Å². The number of hydrogen-bond acceptors (Lipinski definition) is 4. The average Bonchev–Trinajstić information content (AvgIpc) is 3.15. The number of carbonyl (C=O) groups excluding carboxylic acids is 1. The molecule has 0 spiro atoms. The number of nitrogens with zero attached hydrogens (tertiary/aromatic N) is 2. The normalized spacial score (nSPS) is 17.9. The third-order valence-corrected chi connectivity index (χ3v) is 4.84. The van der Waals surface area contributed by atoms with E-state index in [4.69, 9.17) is 0 Å². The van der Waals surface area contributed by atoms with Gasteiger partial charge >= 0.3 is 6.61 Å². The van der Waals surface area contributed by atoms with Gasteiger partial charge in [-0.2, -0.15) is 8.78 Å². The van der Waals surface area contributed by atoms with E-state index in [0.29, 0.717) is 31.2 Å². The van der Waals surface area contributed by atoms with Crippen LogP contribution >= 0.6 is 0 Å². The van der Waals surface area contributed by atoms with Gasteiger partial charge in [-0.05, 0) is 31.9 Å². The van der Waals surface area contributed by atoms with Gasteiger partial charge in [-0.1, -0.05) is 19.1 Å². The van der Waals surface area contributed by atoms with Crippen LogP contribution in [-0.2, 0) is 4.79 Å². The number of ether oxygens (including phenoxy) is 1. The zero-order valence-electron chi connectivity index (χ0n) is 17.3. The molecule has 29 heavy (non-hydrogen) atoms. The highest BCUT2D eigenvalue weighted by Gasteiger charge is 2.26. The first-order valence-corrected chi connectivity index (χ1v) is 9.98. The highest BCUT2D eigenvalue weighted by Crippen LogP contribution is 2.31. The summed E-state index contributed by atoms with van der Waals surface area (Å²) >= 11 is 0. The maximum absolute atomic E-state index is 12.6. The molecule has 9 heteroatoms. The SMILES string of the molecule is CCC(C)NC(=O)CCNC(=NC)NC1CCN(c2ccccc2OC(F)F)C1. The molecule has 1 saturated heterocycles. The summed E-state index contributed by atoms with van der Waals surface area (Å²) in [6, 6.07) is 7.09. The summed E-state index contributed by atoms with van der Waals surface area (Å²) in [5, 5.41) is 9.40. The number of anilines is 1. The second-order valence-corrected chi connectivity index (χ2v) is 7.05. The van der Waals surface area contributed by atoms with E-state index in [-0.39, 0.29) is 23.7 Å². The number of para-hydroxylation sites is 2. The van der Waals surface area contributed by atoms with Gasteiger partial charge in [-0.25, -0.2) is 0 Å². The average molecular weight is 411 g/mol. The summed E-state index contributed by atoms with van der Waals surface area (Å²) in [4.78, 5) is 18.1. The fourth-order valence-corrected chi connectivity index (χ4v) is 3.14. The van der Waals surface area contributed by atoms with E-state index in [2.05, 4.69) is 25.7 Å². The number of nitrogens with one attached hydrogen (secondary N) is 3. The highest BCUT2D eigenvalue weighted by atomic mass is 19.3. The molecule has 1 aliphatic rings. The topological polar surface area (TPSA) is 78.0 Å². The molecular weight excluding hydrogens is 380 g/mol. The minimum atomic E-state index is -2.85. The van der Waals surface area contributed by atoms with Crippen LogP contribution in [-0.4, -0.2) is 57.2 Å². The quantitative estimate of drug-likeness (QED) is 0.430. The predicted octanol–water partition coefficient (Wildman–Crippen LogP) is 2.34. The van der Waals surface area contributed by atoms with Crippen molar-refractivity contribution < 1.29 is 18.3 Å². The monoisotopic (exact) mass is 411 g/mol. The minimum absolute atomic E-state index is 0.00461. The number of carbonyl (C=O) groups is 1.